The van der Waals surface area contributed by atoms with E-state index in [2.05, 4.69) is 9.97 Å². The van der Waals surface area contributed by atoms with Crippen molar-refractivity contribution in [1.82, 2.24) is 14.4 Å². The topological polar surface area (TPSA) is 80.4 Å². The van der Waals surface area contributed by atoms with Crippen molar-refractivity contribution in [3.63, 3.8) is 0 Å². The summed E-state index contributed by atoms with van der Waals surface area (Å²) in [4.78, 5) is 32.1. The van der Waals surface area contributed by atoms with Crippen molar-refractivity contribution in [3.05, 3.63) is 57.3 Å². The number of hydrogen-bond acceptors (Lipinski definition) is 6. The summed E-state index contributed by atoms with van der Waals surface area (Å²) in [6.45, 7) is 0. The zero-order valence-corrected chi connectivity index (χ0v) is 14.2. The average Bonchev–Trinajstić information content (AvgIpc) is 3.36. The number of carbonyl (C=O) groups excluding carboxylic acids is 1. The maximum atomic E-state index is 11.8. The normalized spacial score (nSPS) is 11.5. The number of rotatable bonds is 3. The lowest BCUT2D eigenvalue weighted by Gasteiger charge is -2.02. The molecule has 4 aromatic heterocycles. The summed E-state index contributed by atoms with van der Waals surface area (Å²) in [6.07, 6.45) is 0.834. The van der Waals surface area contributed by atoms with Crippen molar-refractivity contribution in [2.75, 3.05) is 0 Å². The van der Waals surface area contributed by atoms with E-state index in [0.29, 0.717) is 22.5 Å². The van der Waals surface area contributed by atoms with Crippen LogP contribution in [-0.2, 0) is 0 Å². The van der Waals surface area contributed by atoms with Crippen LogP contribution < -0.4 is 5.76 Å². The van der Waals surface area contributed by atoms with Gasteiger partial charge in [0.1, 0.15) is 11.4 Å². The monoisotopic (exact) mass is 367 g/mol. The van der Waals surface area contributed by atoms with Crippen LogP contribution in [0.4, 0.5) is 0 Å². The lowest BCUT2D eigenvalue weighted by atomic mass is 10.1. The molecule has 5 aromatic rings. The van der Waals surface area contributed by atoms with E-state index in [-0.39, 0.29) is 0 Å². The molecule has 6 nitrogen and oxygen atoms in total. The number of thiophene rings is 1. The van der Waals surface area contributed by atoms with Crippen LogP contribution in [0.1, 0.15) is 10.5 Å². The van der Waals surface area contributed by atoms with Crippen molar-refractivity contribution in [3.8, 4) is 21.8 Å². The first-order chi connectivity index (χ1) is 12.2. The van der Waals surface area contributed by atoms with Gasteiger partial charge in [0.05, 0.1) is 16.1 Å². The number of fused-ring (bicyclic) bond motifs is 2. The zero-order chi connectivity index (χ0) is 17.0. The molecule has 25 heavy (non-hydrogen) atoms. The van der Waals surface area contributed by atoms with Gasteiger partial charge in [-0.2, -0.15) is 0 Å². The van der Waals surface area contributed by atoms with Gasteiger partial charge in [0.15, 0.2) is 16.8 Å². The number of oxazole rings is 1. The van der Waals surface area contributed by atoms with E-state index in [1.165, 1.54) is 11.3 Å². The maximum absolute atomic E-state index is 11.8. The molecule has 0 fully saturated rings. The van der Waals surface area contributed by atoms with Gasteiger partial charge in [0.2, 0.25) is 0 Å². The predicted molar refractivity (Wildman–Crippen MR) is 97.6 cm³/mol. The summed E-state index contributed by atoms with van der Waals surface area (Å²) in [7, 11) is 0. The smallest absolute Gasteiger partial charge is 0.408 e. The van der Waals surface area contributed by atoms with Gasteiger partial charge in [0, 0.05) is 10.9 Å². The third kappa shape index (κ3) is 2.11. The van der Waals surface area contributed by atoms with Gasteiger partial charge in [-0.1, -0.05) is 12.1 Å². The number of carbonyl (C=O) groups is 1. The average molecular weight is 367 g/mol. The summed E-state index contributed by atoms with van der Waals surface area (Å²) in [5, 5.41) is 3.90. The van der Waals surface area contributed by atoms with E-state index in [4.69, 9.17) is 4.42 Å². The number of nitrogens with one attached hydrogen (secondary N) is 1. The number of thiazole rings is 1. The largest absolute Gasteiger partial charge is 0.417 e. The predicted octanol–water partition coefficient (Wildman–Crippen LogP) is 4.04. The second-order valence-corrected chi connectivity index (χ2v) is 7.19. The van der Waals surface area contributed by atoms with E-state index in [0.717, 1.165) is 27.4 Å². The van der Waals surface area contributed by atoms with Gasteiger partial charge >= 0.3 is 5.76 Å². The molecule has 0 unspecified atom stereocenters. The van der Waals surface area contributed by atoms with Crippen molar-refractivity contribution in [1.29, 1.82) is 0 Å². The molecule has 0 spiro atoms. The highest BCUT2D eigenvalue weighted by molar-refractivity contribution is 7.15. The van der Waals surface area contributed by atoms with Crippen molar-refractivity contribution >= 4 is 45.0 Å². The molecular weight excluding hydrogens is 358 g/mol. The summed E-state index contributed by atoms with van der Waals surface area (Å²) in [5.74, 6) is -0.487. The SMILES string of the molecule is O=Cc1c(-c2cccs2)nc2scc(-c3ccc4[nH]c(=O)oc4c3)n12. The summed E-state index contributed by atoms with van der Waals surface area (Å²) >= 11 is 3.01. The molecule has 0 amide bonds. The number of hydrogen-bond donors (Lipinski definition) is 1. The molecule has 0 aliphatic heterocycles. The first-order valence-electron chi connectivity index (χ1n) is 7.37. The van der Waals surface area contributed by atoms with Crippen LogP contribution in [0.25, 0.3) is 37.9 Å². The number of aromatic amines is 1. The highest BCUT2D eigenvalue weighted by Gasteiger charge is 2.19. The Morgan fingerprint density at radius 2 is 2.16 bits per heavy atom. The highest BCUT2D eigenvalue weighted by Crippen LogP contribution is 2.34. The number of imidazole rings is 1. The summed E-state index contributed by atoms with van der Waals surface area (Å²) in [5.41, 5.74) is 4.01. The summed E-state index contributed by atoms with van der Waals surface area (Å²) in [6, 6.07) is 9.34. The lowest BCUT2D eigenvalue weighted by Crippen LogP contribution is -1.93. The van der Waals surface area contributed by atoms with Crippen molar-refractivity contribution in [2.24, 2.45) is 0 Å². The Labute approximate surface area is 148 Å². The maximum Gasteiger partial charge on any atom is 0.417 e. The fourth-order valence-corrected chi connectivity index (χ4v) is 4.52. The van der Waals surface area contributed by atoms with Gasteiger partial charge in [-0.3, -0.25) is 14.2 Å². The molecule has 5 rings (SSSR count). The molecule has 0 atom stereocenters. The van der Waals surface area contributed by atoms with Gasteiger partial charge < -0.3 is 4.42 Å². The Kier molecular flexibility index (Phi) is 3.03. The molecular formula is C17H9N3O3S2. The van der Waals surface area contributed by atoms with Crippen LogP contribution in [0.3, 0.4) is 0 Å². The molecule has 0 radical (unpaired) electrons. The van der Waals surface area contributed by atoms with Crippen molar-refractivity contribution in [2.45, 2.75) is 0 Å². The number of H-pyrrole nitrogens is 1. The number of aldehydes is 1. The van der Waals surface area contributed by atoms with E-state index >= 15 is 0 Å². The first-order valence-corrected chi connectivity index (χ1v) is 9.13. The molecule has 0 aliphatic rings. The van der Waals surface area contributed by atoms with Gasteiger partial charge in [-0.25, -0.2) is 9.78 Å². The second-order valence-electron chi connectivity index (χ2n) is 5.41. The Morgan fingerprint density at radius 3 is 2.96 bits per heavy atom. The molecule has 0 saturated heterocycles. The van der Waals surface area contributed by atoms with Crippen LogP contribution in [0.5, 0.6) is 0 Å². The van der Waals surface area contributed by atoms with Gasteiger partial charge in [-0.05, 0) is 23.6 Å². The Hall–Kier alpha value is -2.97. The Bertz CT molecular complexity index is 1290. The molecule has 0 bridgehead atoms. The van der Waals surface area contributed by atoms with E-state index in [9.17, 15) is 9.59 Å². The molecule has 1 N–H and O–H groups in total. The van der Waals surface area contributed by atoms with Gasteiger partial charge in [-0.15, -0.1) is 22.7 Å². The third-order valence-corrected chi connectivity index (χ3v) is 5.68. The number of benzene rings is 1. The van der Waals surface area contributed by atoms with E-state index in [1.54, 1.807) is 23.5 Å². The lowest BCUT2D eigenvalue weighted by molar-refractivity contribution is 0.111. The minimum absolute atomic E-state index is 0.480. The molecule has 8 heteroatoms. The van der Waals surface area contributed by atoms with E-state index in [1.807, 2.05) is 33.4 Å². The molecule has 4 heterocycles. The number of aromatic nitrogens is 3. The molecule has 1 aromatic carbocycles. The van der Waals surface area contributed by atoms with Crippen LogP contribution in [0.15, 0.2) is 50.3 Å². The third-order valence-electron chi connectivity index (χ3n) is 3.98. The Morgan fingerprint density at radius 1 is 1.24 bits per heavy atom. The fourth-order valence-electron chi connectivity index (χ4n) is 2.89. The molecule has 0 saturated carbocycles. The minimum Gasteiger partial charge on any atom is -0.408 e. The highest BCUT2D eigenvalue weighted by atomic mass is 32.1. The van der Waals surface area contributed by atoms with Crippen LogP contribution in [-0.4, -0.2) is 20.7 Å². The first kappa shape index (κ1) is 14.4. The van der Waals surface area contributed by atoms with Crippen LogP contribution in [0.2, 0.25) is 0 Å². The van der Waals surface area contributed by atoms with Crippen LogP contribution >= 0.6 is 22.7 Å². The second kappa shape index (κ2) is 5.27. The van der Waals surface area contributed by atoms with Gasteiger partial charge in [0.25, 0.3) is 0 Å². The Balaban J connectivity index is 1.78. The molecule has 122 valence electrons. The van der Waals surface area contributed by atoms with Crippen molar-refractivity contribution < 1.29 is 9.21 Å². The molecule has 0 aliphatic carbocycles. The fraction of sp³-hybridized carbons (Fsp3) is 0. The standard InChI is InChI=1S/C17H9N3O3S2/c21-7-11-15(14-2-1-5-24-14)19-16-20(11)12(8-25-16)9-3-4-10-13(6-9)23-17(22)18-10/h1-8H,(H,18,22). The number of nitrogens with zero attached hydrogens (tertiary/aromatic N) is 2. The minimum atomic E-state index is -0.487. The summed E-state index contributed by atoms with van der Waals surface area (Å²) < 4.78 is 6.98. The van der Waals surface area contributed by atoms with Crippen LogP contribution in [0, 0.1) is 0 Å². The van der Waals surface area contributed by atoms with E-state index < -0.39 is 5.76 Å². The quantitative estimate of drug-likeness (QED) is 0.488. The zero-order valence-electron chi connectivity index (χ0n) is 12.6.